The summed E-state index contributed by atoms with van der Waals surface area (Å²) < 4.78 is 0. The molecule has 0 fully saturated rings. The van der Waals surface area contributed by atoms with Gasteiger partial charge in [-0.1, -0.05) is 19.4 Å². The number of hydrogen-bond acceptors (Lipinski definition) is 4. The molecule has 0 rings (SSSR count). The van der Waals surface area contributed by atoms with Gasteiger partial charge in [-0.25, -0.2) is 0 Å². The summed E-state index contributed by atoms with van der Waals surface area (Å²) in [6.07, 6.45) is 0. The Kier molecular flexibility index (Phi) is 783. The largest absolute Gasteiger partial charge is 0.665 e. The Bertz CT molecular complexity index is 64.8. The second-order valence-corrected chi connectivity index (χ2v) is 0.274. The summed E-state index contributed by atoms with van der Waals surface area (Å²) in [5, 5.41) is 20.3. The van der Waals surface area contributed by atoms with Gasteiger partial charge in [0.15, 0.2) is 0 Å². The third-order valence-corrected chi connectivity index (χ3v) is 0. The monoisotopic (exact) mass is 224 g/mol. The second-order valence-electron chi connectivity index (χ2n) is 0.274. The molecule has 0 saturated heterocycles. The summed E-state index contributed by atoms with van der Waals surface area (Å²) in [4.78, 5) is 32.0. The van der Waals surface area contributed by atoms with Crippen molar-refractivity contribution in [2.75, 3.05) is 0 Å². The first kappa shape index (κ1) is 31.3. The molecule has 3 N–H and O–H groups in total. The van der Waals surface area contributed by atoms with E-state index in [0.29, 0.717) is 19.4 Å². The summed E-state index contributed by atoms with van der Waals surface area (Å²) in [5.41, 5.74) is 5.75. The number of hydrogen-bond donors (Lipinski definition) is 3. The van der Waals surface area contributed by atoms with E-state index >= 15 is 0 Å². The van der Waals surface area contributed by atoms with Gasteiger partial charge in [-0.05, 0) is 0 Å². The van der Waals surface area contributed by atoms with Gasteiger partial charge in [-0.15, -0.1) is 0 Å². The summed E-state index contributed by atoms with van der Waals surface area (Å²) in [5.74, 6) is 0. The van der Waals surface area contributed by atoms with E-state index in [2.05, 4.69) is 0 Å². The van der Waals surface area contributed by atoms with Gasteiger partial charge in [0, 0.05) is 16.8 Å². The van der Waals surface area contributed by atoms with Crippen LogP contribution in [0.5, 0.6) is 0 Å². The first-order valence-electron chi connectivity index (χ1n) is 1.47. The zero-order valence-electron chi connectivity index (χ0n) is 5.26. The van der Waals surface area contributed by atoms with E-state index in [0.717, 1.165) is 0 Å². The smallest absolute Gasteiger partial charge is 0 e. The van der Waals surface area contributed by atoms with Crippen molar-refractivity contribution in [3.63, 3.8) is 0 Å². The summed E-state index contributed by atoms with van der Waals surface area (Å²) >= 11 is 0. The molecule has 0 aromatic carbocycles. The number of nitroso groups, excluding NO2 is 1. The van der Waals surface area contributed by atoms with E-state index < -0.39 is 0 Å². The average molecular weight is 224 g/mol. The molecule has 9 heteroatoms. The van der Waals surface area contributed by atoms with Crippen molar-refractivity contribution in [2.45, 2.75) is 0 Å². The minimum Gasteiger partial charge on any atom is -0.665 e. The van der Waals surface area contributed by atoms with Crippen molar-refractivity contribution in [3.8, 4) is 0 Å². The Hall–Kier alpha value is -1.48. The molecule has 0 unspecified atom stereocenters. The molecule has 0 aromatic heterocycles. The minimum atomic E-state index is 0. The van der Waals surface area contributed by atoms with Crippen molar-refractivity contribution in [1.29, 1.82) is 0 Å². The third kappa shape index (κ3) is 219. The van der Waals surface area contributed by atoms with Crippen LogP contribution in [0, 0.1) is 4.91 Å². The van der Waals surface area contributed by atoms with E-state index in [4.69, 9.17) is 40.2 Å². The molecule has 75 valence electrons. The van der Waals surface area contributed by atoms with E-state index in [1.54, 1.807) is 0 Å². The summed E-state index contributed by atoms with van der Waals surface area (Å²) in [6.45, 7) is 1.50. The topological polar surface area (TPSA) is 151 Å². The Morgan fingerprint density at radius 1 is 0.750 bits per heavy atom. The molecule has 0 amide bonds. The zero-order valence-corrected chi connectivity index (χ0v) is 6.30. The van der Waals surface area contributed by atoms with Crippen molar-refractivity contribution in [2.24, 2.45) is 0 Å². The van der Waals surface area contributed by atoms with Gasteiger partial charge >= 0.3 is 0 Å². The molecule has 0 saturated carbocycles. The molecule has 0 aliphatic carbocycles. The predicted octanol–water partition coefficient (Wildman–Crippen LogP) is -0.845. The van der Waals surface area contributed by atoms with E-state index in [-0.39, 0.29) is 16.8 Å². The zero-order chi connectivity index (χ0) is 10.1. The van der Waals surface area contributed by atoms with Gasteiger partial charge in [0.2, 0.25) is 0 Å². The van der Waals surface area contributed by atoms with Crippen LogP contribution in [0.4, 0.5) is 0 Å². The fraction of sp³-hybridized carbons (Fsp3) is 0. The Labute approximate surface area is 77.2 Å². The van der Waals surface area contributed by atoms with Crippen LogP contribution in [0.15, 0.2) is 0 Å². The molecular weight excluding hydrogens is 221 g/mol. The van der Waals surface area contributed by atoms with Gasteiger partial charge in [0.05, 0.1) is 0 Å². The van der Waals surface area contributed by atoms with E-state index in [9.17, 15) is 0 Å². The number of nitrogens with zero attached hydrogens (tertiary/aromatic N) is 1. The van der Waals surface area contributed by atoms with Crippen LogP contribution in [0.3, 0.4) is 0 Å². The van der Waals surface area contributed by atoms with Crippen molar-refractivity contribution in [3.05, 3.63) is 10.5 Å². The molecular formula is C3H3CoNO7-4. The molecule has 0 spiro atoms. The quantitative estimate of drug-likeness (QED) is 0.453. The standard InChI is InChI=1S/3CHO2.Co.NO/c3*2-1-3;;1-2/h3*(H,2,3);;/q3*-1;;-1. The summed E-state index contributed by atoms with van der Waals surface area (Å²) in [6, 6.07) is 0. The fourth-order valence-electron chi connectivity index (χ4n) is 0. The van der Waals surface area contributed by atoms with Crippen LogP contribution >= 0.6 is 0 Å². The Balaban J connectivity index is -0.0000000179. The summed E-state index contributed by atoms with van der Waals surface area (Å²) in [7, 11) is 0. The first-order chi connectivity index (χ1) is 5.24. The van der Waals surface area contributed by atoms with Crippen molar-refractivity contribution < 1.29 is 46.5 Å². The molecule has 12 heavy (non-hydrogen) atoms. The maximum absolute atomic E-state index is 8.24. The van der Waals surface area contributed by atoms with Crippen LogP contribution in [0.25, 0.3) is 5.59 Å². The molecule has 0 atom stereocenters. The molecule has 1 radical (unpaired) electrons. The molecule has 0 aromatic rings. The maximum atomic E-state index is 8.24. The Morgan fingerprint density at radius 2 is 0.750 bits per heavy atom. The Morgan fingerprint density at radius 3 is 0.750 bits per heavy atom. The van der Waals surface area contributed by atoms with Gasteiger partial charge < -0.3 is 40.2 Å². The van der Waals surface area contributed by atoms with Crippen LogP contribution in [-0.4, -0.2) is 34.7 Å². The van der Waals surface area contributed by atoms with Gasteiger partial charge in [0.25, 0.3) is 0 Å². The molecule has 0 aliphatic heterocycles. The minimum absolute atomic E-state index is 0. The SMILES string of the molecule is O=[C-]O.O=[C-]O.O=[C-]O.[Co].[N-]=O. The molecule has 0 bridgehead atoms. The molecule has 0 heterocycles. The van der Waals surface area contributed by atoms with Crippen molar-refractivity contribution >= 4 is 19.4 Å². The van der Waals surface area contributed by atoms with Gasteiger partial charge in [0.1, 0.15) is 0 Å². The van der Waals surface area contributed by atoms with Crippen LogP contribution in [-0.2, 0) is 31.2 Å². The van der Waals surface area contributed by atoms with Crippen molar-refractivity contribution in [1.82, 2.24) is 0 Å². The van der Waals surface area contributed by atoms with Crippen LogP contribution in [0.1, 0.15) is 0 Å². The normalized spacial score (nSPS) is 3.33. The fourth-order valence-corrected chi connectivity index (χ4v) is 0. The number of aliphatic hydroxyl groups excluding tert-OH is 3. The van der Waals surface area contributed by atoms with E-state index in [1.807, 2.05) is 0 Å². The van der Waals surface area contributed by atoms with Gasteiger partial charge in [-0.3, -0.25) is 0 Å². The number of rotatable bonds is 0. The first-order valence-corrected chi connectivity index (χ1v) is 1.47. The third-order valence-electron chi connectivity index (χ3n) is 0. The van der Waals surface area contributed by atoms with Crippen LogP contribution < -0.4 is 0 Å². The predicted molar refractivity (Wildman–Crippen MR) is 31.7 cm³/mol. The molecule has 0 aliphatic rings. The maximum Gasteiger partial charge on any atom is 0 e. The molecule has 8 nitrogen and oxygen atoms in total. The second kappa shape index (κ2) is 300. The van der Waals surface area contributed by atoms with Gasteiger partial charge in [-0.2, -0.15) is 0 Å². The average Bonchev–Trinajstić information content (AvgIpc) is 1.96. The van der Waals surface area contributed by atoms with Crippen LogP contribution in [0.2, 0.25) is 0 Å². The van der Waals surface area contributed by atoms with E-state index in [1.165, 1.54) is 0 Å².